The average molecular weight is 677 g/mol. The maximum absolute atomic E-state index is 6.55. The van der Waals surface area contributed by atoms with Crippen molar-refractivity contribution in [2.75, 3.05) is 4.90 Å². The van der Waals surface area contributed by atoms with Crippen LogP contribution in [0.3, 0.4) is 0 Å². The van der Waals surface area contributed by atoms with Gasteiger partial charge in [-0.15, -0.1) is 0 Å². The van der Waals surface area contributed by atoms with Crippen molar-refractivity contribution in [2.24, 2.45) is 0 Å². The molecule has 0 bridgehead atoms. The minimum Gasteiger partial charge on any atom is -0.456 e. The summed E-state index contributed by atoms with van der Waals surface area (Å²) >= 11 is 0. The van der Waals surface area contributed by atoms with Crippen LogP contribution in [0.15, 0.2) is 199 Å². The molecular formula is C50H32N2O. The van der Waals surface area contributed by atoms with E-state index in [-0.39, 0.29) is 0 Å². The van der Waals surface area contributed by atoms with Crippen LogP contribution in [0.25, 0.3) is 82.1 Å². The Bertz CT molecular complexity index is 3170. The second-order valence-electron chi connectivity index (χ2n) is 13.7. The molecule has 248 valence electrons. The summed E-state index contributed by atoms with van der Waals surface area (Å²) in [6.45, 7) is 0. The lowest BCUT2D eigenvalue weighted by Gasteiger charge is -2.28. The van der Waals surface area contributed by atoms with E-state index in [1.165, 1.54) is 49.3 Å². The molecule has 0 unspecified atom stereocenters. The highest BCUT2D eigenvalue weighted by atomic mass is 16.3. The number of benzene rings is 9. The van der Waals surface area contributed by atoms with Gasteiger partial charge in [0.05, 0.1) is 27.8 Å². The molecule has 53 heavy (non-hydrogen) atoms. The largest absolute Gasteiger partial charge is 0.456 e. The molecule has 2 aromatic heterocycles. The number of rotatable bonds is 5. The highest BCUT2D eigenvalue weighted by molar-refractivity contribution is 6.22. The first-order valence-corrected chi connectivity index (χ1v) is 18.1. The molecule has 0 N–H and O–H groups in total. The summed E-state index contributed by atoms with van der Waals surface area (Å²) < 4.78 is 8.99. The third kappa shape index (κ3) is 4.54. The van der Waals surface area contributed by atoms with Crippen LogP contribution >= 0.6 is 0 Å². The quantitative estimate of drug-likeness (QED) is 0.181. The van der Waals surface area contributed by atoms with E-state index in [0.717, 1.165) is 49.9 Å². The van der Waals surface area contributed by atoms with E-state index in [0.29, 0.717) is 0 Å². The summed E-state index contributed by atoms with van der Waals surface area (Å²) in [5.41, 5.74) is 11.0. The van der Waals surface area contributed by atoms with Gasteiger partial charge in [0.2, 0.25) is 0 Å². The summed E-state index contributed by atoms with van der Waals surface area (Å²) in [6.07, 6.45) is 0. The molecule has 0 aliphatic heterocycles. The number of anilines is 3. The Balaban J connectivity index is 1.20. The fourth-order valence-electron chi connectivity index (χ4n) is 8.45. The zero-order chi connectivity index (χ0) is 34.9. The molecule has 11 rings (SSSR count). The highest BCUT2D eigenvalue weighted by Crippen LogP contribution is 2.48. The van der Waals surface area contributed by atoms with Gasteiger partial charge in [-0.05, 0) is 76.5 Å². The number of para-hydroxylation sites is 3. The predicted molar refractivity (Wildman–Crippen MR) is 223 cm³/mol. The molecule has 3 nitrogen and oxygen atoms in total. The number of hydrogen-bond donors (Lipinski definition) is 0. The fraction of sp³-hybridized carbons (Fsp3) is 0. The Hall–Kier alpha value is -7.10. The minimum atomic E-state index is 0.879. The molecule has 3 heteroatoms. The van der Waals surface area contributed by atoms with Crippen molar-refractivity contribution < 1.29 is 4.42 Å². The molecule has 0 radical (unpaired) electrons. The fourth-order valence-corrected chi connectivity index (χ4v) is 8.45. The Kier molecular flexibility index (Phi) is 6.55. The van der Waals surface area contributed by atoms with E-state index < -0.39 is 0 Å². The van der Waals surface area contributed by atoms with Gasteiger partial charge in [0, 0.05) is 38.3 Å². The van der Waals surface area contributed by atoms with Crippen LogP contribution in [0.4, 0.5) is 17.1 Å². The molecule has 2 heterocycles. The molecule has 0 amide bonds. The van der Waals surface area contributed by atoms with Crippen LogP contribution in [0, 0.1) is 0 Å². The molecule has 0 saturated carbocycles. The molecule has 0 spiro atoms. The summed E-state index contributed by atoms with van der Waals surface area (Å²) in [5, 5.41) is 9.39. The maximum atomic E-state index is 6.55. The lowest BCUT2D eigenvalue weighted by molar-refractivity contribution is 0.669. The topological polar surface area (TPSA) is 21.3 Å². The van der Waals surface area contributed by atoms with Crippen LogP contribution in [0.1, 0.15) is 0 Å². The standard InChI is InChI=1S/C50H32N2O/c1-3-15-33(16-4-1)37-28-30-45(40-22-10-9-21-39(37)40)52-44-25-13-11-23-41(44)43-32-36(27-29-46(43)52)51(35-18-5-2-6-19-35)50-38-20-8-7-17-34(38)31-48-49(50)42-24-12-14-26-47(42)53-48/h1-32H. The van der Waals surface area contributed by atoms with Crippen molar-refractivity contribution in [1.82, 2.24) is 4.57 Å². The number of furan rings is 1. The number of fused-ring (bicyclic) bond motifs is 8. The van der Waals surface area contributed by atoms with Gasteiger partial charge in [0.15, 0.2) is 0 Å². The third-order valence-corrected chi connectivity index (χ3v) is 10.7. The molecular weight excluding hydrogens is 645 g/mol. The maximum Gasteiger partial charge on any atom is 0.138 e. The van der Waals surface area contributed by atoms with Crippen molar-refractivity contribution in [3.05, 3.63) is 194 Å². The van der Waals surface area contributed by atoms with Crippen molar-refractivity contribution in [3.8, 4) is 16.8 Å². The summed E-state index contributed by atoms with van der Waals surface area (Å²) in [6, 6.07) is 69.7. The zero-order valence-electron chi connectivity index (χ0n) is 28.8. The lowest BCUT2D eigenvalue weighted by atomic mass is 9.97. The van der Waals surface area contributed by atoms with Crippen LogP contribution < -0.4 is 4.90 Å². The first-order valence-electron chi connectivity index (χ1n) is 18.1. The summed E-state index contributed by atoms with van der Waals surface area (Å²) in [5.74, 6) is 0. The van der Waals surface area contributed by atoms with Gasteiger partial charge in [-0.3, -0.25) is 0 Å². The van der Waals surface area contributed by atoms with E-state index in [2.05, 4.69) is 198 Å². The van der Waals surface area contributed by atoms with Gasteiger partial charge in [-0.1, -0.05) is 140 Å². The van der Waals surface area contributed by atoms with Gasteiger partial charge in [-0.25, -0.2) is 0 Å². The lowest BCUT2D eigenvalue weighted by Crippen LogP contribution is -2.11. The average Bonchev–Trinajstić information content (AvgIpc) is 3.76. The van der Waals surface area contributed by atoms with Crippen molar-refractivity contribution in [3.63, 3.8) is 0 Å². The van der Waals surface area contributed by atoms with E-state index in [1.807, 2.05) is 6.07 Å². The molecule has 0 saturated heterocycles. The Labute approximate surface area is 306 Å². The second kappa shape index (κ2) is 11.7. The second-order valence-corrected chi connectivity index (χ2v) is 13.7. The van der Waals surface area contributed by atoms with Gasteiger partial charge in [0.1, 0.15) is 11.2 Å². The van der Waals surface area contributed by atoms with Crippen molar-refractivity contribution in [1.29, 1.82) is 0 Å². The van der Waals surface area contributed by atoms with E-state index >= 15 is 0 Å². The van der Waals surface area contributed by atoms with Gasteiger partial charge in [-0.2, -0.15) is 0 Å². The molecule has 0 aliphatic carbocycles. The monoisotopic (exact) mass is 676 g/mol. The van der Waals surface area contributed by atoms with E-state index in [1.54, 1.807) is 0 Å². The van der Waals surface area contributed by atoms with Gasteiger partial charge >= 0.3 is 0 Å². The smallest absolute Gasteiger partial charge is 0.138 e. The number of nitrogens with zero attached hydrogens (tertiary/aromatic N) is 2. The van der Waals surface area contributed by atoms with Crippen molar-refractivity contribution in [2.45, 2.75) is 0 Å². The number of aromatic nitrogens is 1. The summed E-state index contributed by atoms with van der Waals surface area (Å²) in [4.78, 5) is 2.42. The van der Waals surface area contributed by atoms with E-state index in [9.17, 15) is 0 Å². The van der Waals surface area contributed by atoms with Crippen molar-refractivity contribution >= 4 is 82.4 Å². The Morgan fingerprint density at radius 3 is 1.87 bits per heavy atom. The van der Waals surface area contributed by atoms with Crippen LogP contribution in [-0.2, 0) is 0 Å². The highest BCUT2D eigenvalue weighted by Gasteiger charge is 2.24. The summed E-state index contributed by atoms with van der Waals surface area (Å²) in [7, 11) is 0. The minimum absolute atomic E-state index is 0.879. The van der Waals surface area contributed by atoms with Crippen LogP contribution in [0.5, 0.6) is 0 Å². The molecule has 0 aliphatic rings. The van der Waals surface area contributed by atoms with Crippen LogP contribution in [-0.4, -0.2) is 4.57 Å². The molecule has 9 aromatic carbocycles. The normalized spacial score (nSPS) is 11.8. The first kappa shape index (κ1) is 29.6. The van der Waals surface area contributed by atoms with Crippen LogP contribution in [0.2, 0.25) is 0 Å². The van der Waals surface area contributed by atoms with E-state index in [4.69, 9.17) is 4.42 Å². The molecule has 0 fully saturated rings. The SMILES string of the molecule is c1ccc(-c2ccc(-n3c4ccccc4c4cc(N(c5ccccc5)c5c6ccccc6cc6oc7ccccc7c56)ccc43)c3ccccc23)cc1. The Morgan fingerprint density at radius 1 is 0.396 bits per heavy atom. The molecule has 11 aromatic rings. The van der Waals surface area contributed by atoms with Gasteiger partial charge in [0.25, 0.3) is 0 Å². The number of hydrogen-bond acceptors (Lipinski definition) is 2. The zero-order valence-corrected chi connectivity index (χ0v) is 28.8. The van der Waals surface area contributed by atoms with Gasteiger partial charge < -0.3 is 13.9 Å². The predicted octanol–water partition coefficient (Wildman–Crippen LogP) is 14.1. The Morgan fingerprint density at radius 2 is 1.04 bits per heavy atom. The third-order valence-electron chi connectivity index (χ3n) is 10.7. The first-order chi connectivity index (χ1) is 26.3. The molecule has 0 atom stereocenters.